The van der Waals surface area contributed by atoms with Crippen LogP contribution in [0.5, 0.6) is 0 Å². The van der Waals surface area contributed by atoms with Crippen LogP contribution < -0.4 is 5.82 Å². The molecule has 0 saturated carbocycles. The fourth-order valence-electron chi connectivity index (χ4n) is 5.32. The summed E-state index contributed by atoms with van der Waals surface area (Å²) in [6.45, 7) is 8.36. The fourth-order valence-corrected chi connectivity index (χ4v) is 5.32. The van der Waals surface area contributed by atoms with Gasteiger partial charge in [0.05, 0.1) is 23.5 Å². The molecule has 2 aromatic heterocycles. The Morgan fingerprint density at radius 2 is 1.90 bits per heavy atom. The Kier molecular flexibility index (Phi) is 12.9. The molecule has 11 nitrogen and oxygen atoms in total. The van der Waals surface area contributed by atoms with Crippen molar-refractivity contribution in [3.8, 4) is 0 Å². The van der Waals surface area contributed by atoms with Crippen molar-refractivity contribution in [2.24, 2.45) is 11.8 Å². The van der Waals surface area contributed by atoms with Crippen LogP contribution in [0.3, 0.4) is 0 Å². The minimum Gasteiger partial charge on any atom is -0.481 e. The van der Waals surface area contributed by atoms with Gasteiger partial charge in [0.25, 0.3) is 5.91 Å². The van der Waals surface area contributed by atoms with Crippen LogP contribution in [0, 0.1) is 18.8 Å². The lowest BCUT2D eigenvalue weighted by molar-refractivity contribution is -0.144. The molecule has 0 spiro atoms. The minimum absolute atomic E-state index is 0. The summed E-state index contributed by atoms with van der Waals surface area (Å²) >= 11 is 0. The number of para-hydroxylation sites is 2. The van der Waals surface area contributed by atoms with Crippen molar-refractivity contribution < 1.29 is 28.3 Å². The average molecular weight is 616 g/mol. The lowest BCUT2D eigenvalue weighted by atomic mass is 9.92. The molecule has 0 bridgehead atoms. The van der Waals surface area contributed by atoms with Crippen LogP contribution in [0.2, 0.25) is 0 Å². The van der Waals surface area contributed by atoms with E-state index in [1.165, 1.54) is 0 Å². The number of benzene rings is 1. The van der Waals surface area contributed by atoms with E-state index in [1.54, 1.807) is 18.9 Å². The molecule has 4 rings (SSSR count). The predicted molar refractivity (Wildman–Crippen MR) is 158 cm³/mol. The van der Waals surface area contributed by atoms with Gasteiger partial charge in [-0.2, -0.15) is 0 Å². The minimum atomic E-state index is -0.919. The Balaban J connectivity index is 0.00000294. The smallest absolute Gasteiger partial charge is 0.481 e. The van der Waals surface area contributed by atoms with E-state index in [1.807, 2.05) is 47.6 Å². The molecule has 2 atom stereocenters. The number of methoxy groups -OCH3 is 1. The van der Waals surface area contributed by atoms with Gasteiger partial charge in [0.1, 0.15) is 5.76 Å². The molecular formula is C28H40Cl2N4O7. The summed E-state index contributed by atoms with van der Waals surface area (Å²) < 4.78 is 17.3. The van der Waals surface area contributed by atoms with E-state index in [0.717, 1.165) is 23.9 Å². The average Bonchev–Trinajstić information content (AvgIpc) is 3.42. The Labute approximate surface area is 251 Å². The van der Waals surface area contributed by atoms with Gasteiger partial charge in [-0.1, -0.05) is 26.0 Å². The van der Waals surface area contributed by atoms with Crippen molar-refractivity contribution in [3.05, 3.63) is 52.2 Å². The first-order valence-electron chi connectivity index (χ1n) is 13.5. The van der Waals surface area contributed by atoms with Crippen molar-refractivity contribution in [2.45, 2.75) is 59.2 Å². The van der Waals surface area contributed by atoms with Crippen LogP contribution >= 0.6 is 24.8 Å². The zero-order chi connectivity index (χ0) is 28.1. The molecule has 13 heteroatoms. The van der Waals surface area contributed by atoms with Crippen molar-refractivity contribution in [2.75, 3.05) is 33.4 Å². The van der Waals surface area contributed by atoms with E-state index in [4.69, 9.17) is 18.6 Å². The van der Waals surface area contributed by atoms with E-state index >= 15 is 0 Å². The zero-order valence-corrected chi connectivity index (χ0v) is 25.5. The summed E-state index contributed by atoms with van der Waals surface area (Å²) in [4.78, 5) is 46.4. The summed E-state index contributed by atoms with van der Waals surface area (Å²) in [7, 11) is 1.67. The van der Waals surface area contributed by atoms with Gasteiger partial charge in [-0.05, 0) is 44.2 Å². The fraction of sp³-hybridized carbons (Fsp3) is 0.571. The highest BCUT2D eigenvalue weighted by atomic mass is 35.5. The third-order valence-electron chi connectivity index (χ3n) is 7.15. The first kappa shape index (κ1) is 34.3. The molecule has 3 aromatic rings. The first-order valence-corrected chi connectivity index (χ1v) is 13.5. The first-order chi connectivity index (χ1) is 18.7. The number of halogens is 2. The van der Waals surface area contributed by atoms with Gasteiger partial charge in [-0.15, -0.1) is 24.8 Å². The summed E-state index contributed by atoms with van der Waals surface area (Å²) in [5, 5.41) is 9.95. The Morgan fingerprint density at radius 1 is 1.17 bits per heavy atom. The molecule has 1 N–H and O–H groups in total. The second kappa shape index (κ2) is 15.4. The summed E-state index contributed by atoms with van der Waals surface area (Å²) in [6, 6.07) is 7.33. The predicted octanol–water partition coefficient (Wildman–Crippen LogP) is 4.23. The molecule has 3 heterocycles. The molecule has 1 aliphatic rings. The van der Waals surface area contributed by atoms with Gasteiger partial charge in [-0.25, -0.2) is 9.78 Å². The van der Waals surface area contributed by atoms with E-state index in [-0.39, 0.29) is 55.8 Å². The number of aromatic nitrogens is 2. The van der Waals surface area contributed by atoms with Gasteiger partial charge in [0.15, 0.2) is 11.6 Å². The number of piperidine rings is 1. The molecule has 0 radical (unpaired) electrons. The second-order valence-electron chi connectivity index (χ2n) is 10.7. The normalized spacial score (nSPS) is 17.3. The van der Waals surface area contributed by atoms with Crippen LogP contribution in [0.1, 0.15) is 55.2 Å². The van der Waals surface area contributed by atoms with Crippen LogP contribution in [-0.2, 0) is 22.6 Å². The quantitative estimate of drug-likeness (QED) is 0.298. The highest BCUT2D eigenvalue weighted by Crippen LogP contribution is 2.27. The zero-order valence-electron chi connectivity index (χ0n) is 23.9. The number of hydrogen-bond acceptors (Lipinski definition) is 8. The highest BCUT2D eigenvalue weighted by Gasteiger charge is 2.38. The number of imidazole rings is 1. The number of carboxylic acid groups (broad SMARTS) is 1. The third kappa shape index (κ3) is 8.34. The van der Waals surface area contributed by atoms with E-state index < -0.39 is 17.7 Å². The topological polar surface area (TPSA) is 131 Å². The number of hydrogen-bond donors (Lipinski definition) is 1. The standard InChI is InChI=1S/C28H38N4O7.2ClH/c1-18(2)14-32(21-13-20(27(34)35)15-30(16-21)17-24-19(3)38-28(36)39-24)26(33)25-29-22-9-5-6-10-23(22)31(25)11-7-8-12-37-4;;/h5-6,9-10,18,20-21H,7-8,11-17H2,1-4H3,(H,34,35);2*1H/t20-,21+;;/m1../s1. The molecule has 1 amide bonds. The van der Waals surface area contributed by atoms with Crippen LogP contribution in [0.15, 0.2) is 37.9 Å². The number of carbonyl (C=O) groups is 2. The number of ether oxygens (including phenoxy) is 1. The summed E-state index contributed by atoms with van der Waals surface area (Å²) in [5.74, 6) is -1.36. The number of aliphatic carboxylic acids is 1. The number of carboxylic acids is 1. The van der Waals surface area contributed by atoms with Gasteiger partial charge in [0, 0.05) is 45.9 Å². The molecule has 41 heavy (non-hydrogen) atoms. The number of unbranched alkanes of at least 4 members (excludes halogenated alkanes) is 1. The maximum Gasteiger partial charge on any atom is 0.519 e. The number of rotatable bonds is 12. The Morgan fingerprint density at radius 3 is 2.54 bits per heavy atom. The second-order valence-corrected chi connectivity index (χ2v) is 10.7. The van der Waals surface area contributed by atoms with E-state index in [0.29, 0.717) is 50.0 Å². The molecule has 1 fully saturated rings. The van der Waals surface area contributed by atoms with Crippen LogP contribution in [0.4, 0.5) is 0 Å². The molecule has 1 saturated heterocycles. The van der Waals surface area contributed by atoms with Gasteiger partial charge >= 0.3 is 11.8 Å². The van der Waals surface area contributed by atoms with Crippen molar-refractivity contribution in [3.63, 3.8) is 0 Å². The molecule has 228 valence electrons. The number of carbonyl (C=O) groups excluding carboxylic acids is 1. The summed E-state index contributed by atoms with van der Waals surface area (Å²) in [5.41, 5.74) is 1.64. The number of aryl methyl sites for hydroxylation is 2. The molecule has 1 aromatic carbocycles. The molecule has 0 unspecified atom stereocenters. The van der Waals surface area contributed by atoms with Crippen molar-refractivity contribution in [1.29, 1.82) is 0 Å². The molecular weight excluding hydrogens is 575 g/mol. The SMILES string of the molecule is COCCCCn1c(C(=O)N(CC(C)C)[C@H]2C[C@@H](C(=O)O)CN(Cc3oc(=O)oc3C)C2)nc2ccccc21.Cl.Cl. The maximum absolute atomic E-state index is 14.2. The van der Waals surface area contributed by atoms with Gasteiger partial charge in [-0.3, -0.25) is 14.5 Å². The number of likely N-dealkylation sites (tertiary alicyclic amines) is 1. The largest absolute Gasteiger partial charge is 0.519 e. The Bertz CT molecular complexity index is 1350. The lowest BCUT2D eigenvalue weighted by Crippen LogP contribution is -2.55. The highest BCUT2D eigenvalue weighted by molar-refractivity contribution is 5.95. The van der Waals surface area contributed by atoms with E-state index in [2.05, 4.69) is 0 Å². The Hall–Kier alpha value is -2.86. The van der Waals surface area contributed by atoms with Gasteiger partial charge in [0.2, 0.25) is 0 Å². The molecule has 1 aliphatic heterocycles. The molecule has 0 aliphatic carbocycles. The maximum atomic E-state index is 14.2. The number of amides is 1. The third-order valence-corrected chi connectivity index (χ3v) is 7.15. The van der Waals surface area contributed by atoms with Crippen molar-refractivity contribution >= 4 is 47.7 Å². The van der Waals surface area contributed by atoms with Crippen LogP contribution in [-0.4, -0.2) is 75.7 Å². The van der Waals surface area contributed by atoms with Crippen LogP contribution in [0.25, 0.3) is 11.0 Å². The monoisotopic (exact) mass is 614 g/mol. The number of fused-ring (bicyclic) bond motifs is 1. The number of nitrogens with zero attached hydrogens (tertiary/aromatic N) is 4. The van der Waals surface area contributed by atoms with E-state index in [9.17, 15) is 19.5 Å². The van der Waals surface area contributed by atoms with Crippen molar-refractivity contribution in [1.82, 2.24) is 19.4 Å². The summed E-state index contributed by atoms with van der Waals surface area (Å²) in [6.07, 6.45) is 2.01. The lowest BCUT2D eigenvalue weighted by Gasteiger charge is -2.42. The van der Waals surface area contributed by atoms with Gasteiger partial charge < -0.3 is 28.1 Å².